The van der Waals surface area contributed by atoms with Crippen LogP contribution in [0.2, 0.25) is 0 Å². The highest BCUT2D eigenvalue weighted by molar-refractivity contribution is 5.83. The molecule has 4 nitrogen and oxygen atoms in total. The van der Waals surface area contributed by atoms with Gasteiger partial charge in [-0.1, -0.05) is 12.1 Å². The van der Waals surface area contributed by atoms with Crippen molar-refractivity contribution in [3.8, 4) is 0 Å². The number of hydrogen-bond donors (Lipinski definition) is 0. The molecule has 134 valence electrons. The van der Waals surface area contributed by atoms with Crippen LogP contribution in [0.15, 0.2) is 40.8 Å². The number of halogens is 1. The summed E-state index contributed by atoms with van der Waals surface area (Å²) in [6, 6.07) is 10.2. The molecule has 2 aromatic rings. The van der Waals surface area contributed by atoms with Crippen LogP contribution in [0.25, 0.3) is 0 Å². The lowest BCUT2D eigenvalue weighted by atomic mass is 9.74. The second kappa shape index (κ2) is 7.40. The Hall–Kier alpha value is -2.14. The molecule has 0 unspecified atom stereocenters. The monoisotopic (exact) mass is 345 g/mol. The fraction of sp³-hybridized carbons (Fsp3) is 0.450. The summed E-state index contributed by atoms with van der Waals surface area (Å²) in [7, 11) is 1.81. The molecule has 1 aliphatic rings. The molecule has 2 heterocycles. The van der Waals surface area contributed by atoms with Gasteiger partial charge in [0.2, 0.25) is 5.91 Å². The van der Waals surface area contributed by atoms with Crippen molar-refractivity contribution < 1.29 is 18.3 Å². The number of nitrogens with zero attached hydrogens (tertiary/aromatic N) is 1. The molecule has 0 N–H and O–H groups in total. The smallest absolute Gasteiger partial charge is 0.229 e. The van der Waals surface area contributed by atoms with Gasteiger partial charge >= 0.3 is 0 Å². The van der Waals surface area contributed by atoms with Crippen molar-refractivity contribution in [2.45, 2.75) is 32.7 Å². The molecule has 1 fully saturated rings. The maximum Gasteiger partial charge on any atom is 0.229 e. The lowest BCUT2D eigenvalue weighted by molar-refractivity contribution is -0.147. The summed E-state index contributed by atoms with van der Waals surface area (Å²) >= 11 is 0. The highest BCUT2D eigenvalue weighted by Crippen LogP contribution is 2.36. The summed E-state index contributed by atoms with van der Waals surface area (Å²) in [6.07, 6.45) is 1.94. The number of furan rings is 1. The summed E-state index contributed by atoms with van der Waals surface area (Å²) in [5.41, 5.74) is 0.464. The predicted molar refractivity (Wildman–Crippen MR) is 92.5 cm³/mol. The van der Waals surface area contributed by atoms with Crippen molar-refractivity contribution in [2.24, 2.45) is 5.41 Å². The Balaban J connectivity index is 1.78. The van der Waals surface area contributed by atoms with E-state index in [2.05, 4.69) is 0 Å². The standard InChI is InChI=1S/C20H24FNO3/c1-15-3-8-18(25-15)14-22(2)19(23)20(9-11-24-12-10-20)13-16-4-6-17(21)7-5-16/h3-8H,9-14H2,1-2H3. The Morgan fingerprint density at radius 2 is 1.84 bits per heavy atom. The first-order valence-electron chi connectivity index (χ1n) is 8.62. The number of ether oxygens (including phenoxy) is 1. The zero-order valence-electron chi connectivity index (χ0n) is 14.8. The molecule has 1 aromatic heterocycles. The van der Waals surface area contributed by atoms with E-state index in [0.717, 1.165) is 17.1 Å². The molecule has 0 atom stereocenters. The number of carbonyl (C=O) groups is 1. The minimum atomic E-state index is -0.507. The molecule has 1 saturated heterocycles. The van der Waals surface area contributed by atoms with Gasteiger partial charge in [0.05, 0.1) is 12.0 Å². The molecule has 0 radical (unpaired) electrons. The number of benzene rings is 1. The van der Waals surface area contributed by atoms with E-state index in [1.165, 1.54) is 12.1 Å². The zero-order chi connectivity index (χ0) is 17.9. The first-order valence-corrected chi connectivity index (χ1v) is 8.62. The number of aryl methyl sites for hydroxylation is 1. The van der Waals surface area contributed by atoms with Gasteiger partial charge in [0, 0.05) is 20.3 Å². The van der Waals surface area contributed by atoms with E-state index < -0.39 is 5.41 Å². The van der Waals surface area contributed by atoms with E-state index in [0.29, 0.717) is 39.0 Å². The van der Waals surface area contributed by atoms with E-state index in [9.17, 15) is 9.18 Å². The van der Waals surface area contributed by atoms with Crippen LogP contribution >= 0.6 is 0 Å². The van der Waals surface area contributed by atoms with E-state index >= 15 is 0 Å². The maximum absolute atomic E-state index is 13.3. The molecule has 0 bridgehead atoms. The largest absolute Gasteiger partial charge is 0.464 e. The summed E-state index contributed by atoms with van der Waals surface area (Å²) in [5, 5.41) is 0. The Kier molecular flexibility index (Phi) is 5.23. The highest BCUT2D eigenvalue weighted by atomic mass is 19.1. The van der Waals surface area contributed by atoms with E-state index in [1.54, 1.807) is 17.0 Å². The topological polar surface area (TPSA) is 42.7 Å². The van der Waals surface area contributed by atoms with Crippen molar-refractivity contribution in [3.05, 3.63) is 59.3 Å². The van der Waals surface area contributed by atoms with Crippen molar-refractivity contribution >= 4 is 5.91 Å². The number of rotatable bonds is 5. The number of carbonyl (C=O) groups excluding carboxylic acids is 1. The fourth-order valence-electron chi connectivity index (χ4n) is 3.50. The van der Waals surface area contributed by atoms with Crippen molar-refractivity contribution in [1.82, 2.24) is 4.90 Å². The van der Waals surface area contributed by atoms with Crippen molar-refractivity contribution in [2.75, 3.05) is 20.3 Å². The third-order valence-electron chi connectivity index (χ3n) is 4.90. The molecule has 1 amide bonds. The summed E-state index contributed by atoms with van der Waals surface area (Å²) in [6.45, 7) is 3.47. The van der Waals surface area contributed by atoms with Gasteiger partial charge < -0.3 is 14.1 Å². The Morgan fingerprint density at radius 1 is 1.16 bits per heavy atom. The van der Waals surface area contributed by atoms with Crippen molar-refractivity contribution in [1.29, 1.82) is 0 Å². The third kappa shape index (κ3) is 4.10. The minimum absolute atomic E-state index is 0.0918. The van der Waals surface area contributed by atoms with Crippen LogP contribution in [-0.2, 0) is 22.5 Å². The van der Waals surface area contributed by atoms with Crippen molar-refractivity contribution in [3.63, 3.8) is 0 Å². The first kappa shape index (κ1) is 17.7. The van der Waals surface area contributed by atoms with Crippen LogP contribution in [-0.4, -0.2) is 31.1 Å². The summed E-state index contributed by atoms with van der Waals surface area (Å²) < 4.78 is 24.3. The van der Waals surface area contributed by atoms with Crippen LogP contribution < -0.4 is 0 Å². The average Bonchev–Trinajstić information content (AvgIpc) is 3.02. The average molecular weight is 345 g/mol. The Morgan fingerprint density at radius 3 is 2.44 bits per heavy atom. The number of amides is 1. The molecule has 1 aromatic carbocycles. The van der Waals surface area contributed by atoms with E-state index in [-0.39, 0.29) is 11.7 Å². The SMILES string of the molecule is Cc1ccc(CN(C)C(=O)C2(Cc3ccc(F)cc3)CCOCC2)o1. The van der Waals surface area contributed by atoms with Crippen LogP contribution in [0, 0.1) is 18.2 Å². The van der Waals surface area contributed by atoms with Gasteiger partial charge in [-0.3, -0.25) is 4.79 Å². The quantitative estimate of drug-likeness (QED) is 0.829. The Labute approximate surface area is 147 Å². The van der Waals surface area contributed by atoms with Crippen LogP contribution in [0.4, 0.5) is 4.39 Å². The third-order valence-corrected chi connectivity index (χ3v) is 4.90. The Bertz CT molecular complexity index is 717. The van der Waals surface area contributed by atoms with Crippen LogP contribution in [0.1, 0.15) is 29.9 Å². The fourth-order valence-corrected chi connectivity index (χ4v) is 3.50. The van der Waals surface area contributed by atoms with E-state index in [4.69, 9.17) is 9.15 Å². The molecular weight excluding hydrogens is 321 g/mol. The summed E-state index contributed by atoms with van der Waals surface area (Å²) in [4.78, 5) is 15.0. The van der Waals surface area contributed by atoms with Crippen LogP contribution in [0.5, 0.6) is 0 Å². The van der Waals surface area contributed by atoms with Gasteiger partial charge in [0.1, 0.15) is 17.3 Å². The predicted octanol–water partition coefficient (Wildman–Crippen LogP) is 3.73. The lowest BCUT2D eigenvalue weighted by Crippen LogP contribution is -2.46. The molecule has 0 saturated carbocycles. The highest BCUT2D eigenvalue weighted by Gasteiger charge is 2.41. The van der Waals surface area contributed by atoms with Gasteiger partial charge in [-0.05, 0) is 56.0 Å². The lowest BCUT2D eigenvalue weighted by Gasteiger charge is -2.38. The van der Waals surface area contributed by atoms with Gasteiger partial charge in [0.15, 0.2) is 0 Å². The normalized spacial score (nSPS) is 16.6. The van der Waals surface area contributed by atoms with E-state index in [1.807, 2.05) is 26.1 Å². The van der Waals surface area contributed by atoms with Crippen LogP contribution in [0.3, 0.4) is 0 Å². The summed E-state index contributed by atoms with van der Waals surface area (Å²) in [5.74, 6) is 1.44. The first-order chi connectivity index (χ1) is 12.0. The minimum Gasteiger partial charge on any atom is -0.464 e. The van der Waals surface area contributed by atoms with Gasteiger partial charge in [-0.15, -0.1) is 0 Å². The molecular formula is C20H24FNO3. The van der Waals surface area contributed by atoms with Gasteiger partial charge in [-0.2, -0.15) is 0 Å². The molecule has 3 rings (SSSR count). The zero-order valence-corrected chi connectivity index (χ0v) is 14.8. The molecule has 25 heavy (non-hydrogen) atoms. The number of hydrogen-bond acceptors (Lipinski definition) is 3. The second-order valence-electron chi connectivity index (χ2n) is 6.87. The van der Waals surface area contributed by atoms with Gasteiger partial charge in [-0.25, -0.2) is 4.39 Å². The second-order valence-corrected chi connectivity index (χ2v) is 6.87. The molecule has 1 aliphatic heterocycles. The molecule has 0 spiro atoms. The van der Waals surface area contributed by atoms with Gasteiger partial charge in [0.25, 0.3) is 0 Å². The molecule has 0 aliphatic carbocycles. The molecule has 5 heteroatoms. The maximum atomic E-state index is 13.3.